The molecule has 3 fully saturated rings. The molecule has 28 heavy (non-hydrogen) atoms. The van der Waals surface area contributed by atoms with E-state index in [-0.39, 0.29) is 6.03 Å². The number of rotatable bonds is 3. The van der Waals surface area contributed by atoms with Gasteiger partial charge in [-0.15, -0.1) is 0 Å². The summed E-state index contributed by atoms with van der Waals surface area (Å²) in [6.45, 7) is 5.79. The molecule has 0 radical (unpaired) electrons. The molecule has 0 aliphatic carbocycles. The number of piperazine rings is 1. The van der Waals surface area contributed by atoms with Crippen molar-refractivity contribution in [1.29, 1.82) is 0 Å². The number of carbonyl (C=O) groups is 3. The van der Waals surface area contributed by atoms with Crippen LogP contribution in [0, 0.1) is 5.92 Å². The number of urea groups is 1. The molecule has 9 heteroatoms. The minimum atomic E-state index is -0.610. The van der Waals surface area contributed by atoms with E-state index < -0.39 is 12.2 Å². The van der Waals surface area contributed by atoms with Crippen LogP contribution in [-0.2, 0) is 4.74 Å². The molecular weight excluding hydrogens is 362 g/mol. The van der Waals surface area contributed by atoms with Crippen LogP contribution in [0.25, 0.3) is 0 Å². The summed E-state index contributed by atoms with van der Waals surface area (Å²) in [6, 6.07) is -0.0775. The number of hydrogen-bond acceptors (Lipinski definition) is 5. The Hall–Kier alpha value is -2.03. The lowest BCUT2D eigenvalue weighted by atomic mass is 9.95. The van der Waals surface area contributed by atoms with E-state index in [0.717, 1.165) is 38.8 Å². The summed E-state index contributed by atoms with van der Waals surface area (Å²) in [5, 5.41) is 6.34. The van der Waals surface area contributed by atoms with Gasteiger partial charge in [-0.2, -0.15) is 0 Å². The Bertz CT molecular complexity index is 538. The molecule has 4 amide bonds. The van der Waals surface area contributed by atoms with Gasteiger partial charge in [-0.1, -0.05) is 0 Å². The van der Waals surface area contributed by atoms with Crippen molar-refractivity contribution in [1.82, 2.24) is 25.3 Å². The number of nitrogens with zero attached hydrogens (tertiary/aromatic N) is 3. The summed E-state index contributed by atoms with van der Waals surface area (Å²) >= 11 is 0. The molecule has 0 aromatic rings. The van der Waals surface area contributed by atoms with Gasteiger partial charge in [0.15, 0.2) is 0 Å². The molecule has 0 aromatic heterocycles. The first-order chi connectivity index (χ1) is 13.6. The van der Waals surface area contributed by atoms with Gasteiger partial charge in [-0.25, -0.2) is 14.4 Å². The molecule has 3 aliphatic rings. The first-order valence-electron chi connectivity index (χ1n) is 10.6. The molecule has 158 valence electrons. The Morgan fingerprint density at radius 1 is 0.821 bits per heavy atom. The maximum Gasteiger partial charge on any atom is 0.418 e. The Kier molecular flexibility index (Phi) is 7.76. The normalized spacial score (nSPS) is 21.4. The zero-order chi connectivity index (χ0) is 19.8. The van der Waals surface area contributed by atoms with Crippen LogP contribution in [0.15, 0.2) is 0 Å². The van der Waals surface area contributed by atoms with Crippen molar-refractivity contribution >= 4 is 18.2 Å². The van der Waals surface area contributed by atoms with Crippen molar-refractivity contribution in [3.63, 3.8) is 0 Å². The SMILES string of the molecule is O=C(NCCC1CCNCC1)N1CCN(C(=O)OC(=O)N2CCCCC2)CC1. The number of amides is 4. The minimum absolute atomic E-state index is 0.0775. The van der Waals surface area contributed by atoms with Crippen molar-refractivity contribution in [2.24, 2.45) is 5.92 Å². The molecule has 0 bridgehead atoms. The molecule has 3 heterocycles. The number of ether oxygens (including phenoxy) is 1. The van der Waals surface area contributed by atoms with E-state index in [4.69, 9.17) is 4.74 Å². The summed E-state index contributed by atoms with van der Waals surface area (Å²) in [6.07, 6.45) is 5.21. The highest BCUT2D eigenvalue weighted by Gasteiger charge is 2.28. The Morgan fingerprint density at radius 2 is 1.39 bits per heavy atom. The maximum absolute atomic E-state index is 12.3. The predicted octanol–water partition coefficient (Wildman–Crippen LogP) is 1.45. The zero-order valence-electron chi connectivity index (χ0n) is 16.7. The summed E-state index contributed by atoms with van der Waals surface area (Å²) < 4.78 is 5.01. The highest BCUT2D eigenvalue weighted by molar-refractivity contribution is 5.84. The van der Waals surface area contributed by atoms with Gasteiger partial charge in [0, 0.05) is 45.8 Å². The van der Waals surface area contributed by atoms with E-state index in [0.29, 0.717) is 51.7 Å². The van der Waals surface area contributed by atoms with E-state index in [1.165, 1.54) is 17.7 Å². The van der Waals surface area contributed by atoms with Crippen molar-refractivity contribution in [2.45, 2.75) is 38.5 Å². The van der Waals surface area contributed by atoms with E-state index >= 15 is 0 Å². The lowest BCUT2D eigenvalue weighted by molar-refractivity contribution is 0.0769. The first-order valence-corrected chi connectivity index (χ1v) is 10.6. The molecule has 0 saturated carbocycles. The fourth-order valence-electron chi connectivity index (χ4n) is 4.04. The molecule has 9 nitrogen and oxygen atoms in total. The smallest absolute Gasteiger partial charge is 0.359 e. The highest BCUT2D eigenvalue weighted by atomic mass is 16.6. The first kappa shape index (κ1) is 20.7. The third-order valence-electron chi connectivity index (χ3n) is 5.90. The van der Waals surface area contributed by atoms with Crippen molar-refractivity contribution in [3.05, 3.63) is 0 Å². The molecule has 3 aliphatic heterocycles. The largest absolute Gasteiger partial charge is 0.418 e. The average Bonchev–Trinajstić information content (AvgIpc) is 2.75. The topological polar surface area (TPSA) is 94.2 Å². The van der Waals surface area contributed by atoms with Crippen LogP contribution in [0.3, 0.4) is 0 Å². The number of carbonyl (C=O) groups excluding carboxylic acids is 3. The monoisotopic (exact) mass is 395 g/mol. The number of piperidine rings is 2. The predicted molar refractivity (Wildman–Crippen MR) is 104 cm³/mol. The standard InChI is InChI=1S/C19H33N5O4/c25-17(21-9-6-16-4-7-20-8-5-16)22-12-14-24(15-13-22)19(27)28-18(26)23-10-2-1-3-11-23/h16,20H,1-15H2,(H,21,25). The van der Waals surface area contributed by atoms with Crippen LogP contribution in [0.4, 0.5) is 14.4 Å². The molecule has 0 aromatic carbocycles. The van der Waals surface area contributed by atoms with Crippen LogP contribution in [0.2, 0.25) is 0 Å². The van der Waals surface area contributed by atoms with Crippen molar-refractivity contribution in [2.75, 3.05) is 58.9 Å². The van der Waals surface area contributed by atoms with Crippen molar-refractivity contribution in [3.8, 4) is 0 Å². The van der Waals surface area contributed by atoms with Crippen LogP contribution in [0.5, 0.6) is 0 Å². The third-order valence-corrected chi connectivity index (χ3v) is 5.90. The van der Waals surface area contributed by atoms with Crippen LogP contribution in [0.1, 0.15) is 38.5 Å². The average molecular weight is 396 g/mol. The maximum atomic E-state index is 12.3. The van der Waals surface area contributed by atoms with Gasteiger partial charge >= 0.3 is 18.2 Å². The Balaban J connectivity index is 1.32. The number of hydrogen-bond donors (Lipinski definition) is 2. The van der Waals surface area contributed by atoms with Gasteiger partial charge in [-0.05, 0) is 57.5 Å². The van der Waals surface area contributed by atoms with E-state index in [1.807, 2.05) is 0 Å². The summed E-state index contributed by atoms with van der Waals surface area (Å²) in [5.74, 6) is 0.686. The molecule has 0 unspecified atom stereocenters. The highest BCUT2D eigenvalue weighted by Crippen LogP contribution is 2.15. The van der Waals surface area contributed by atoms with Gasteiger partial charge in [0.05, 0.1) is 0 Å². The Labute approximate surface area is 166 Å². The van der Waals surface area contributed by atoms with Gasteiger partial charge in [-0.3, -0.25) is 0 Å². The lowest BCUT2D eigenvalue weighted by Crippen LogP contribution is -2.54. The van der Waals surface area contributed by atoms with Crippen LogP contribution in [-0.4, -0.2) is 91.8 Å². The van der Waals surface area contributed by atoms with Crippen LogP contribution >= 0.6 is 0 Å². The van der Waals surface area contributed by atoms with E-state index in [1.54, 1.807) is 9.80 Å². The fraction of sp³-hybridized carbons (Fsp3) is 0.842. The fourth-order valence-corrected chi connectivity index (χ4v) is 4.04. The summed E-state index contributed by atoms with van der Waals surface area (Å²) in [4.78, 5) is 41.4. The summed E-state index contributed by atoms with van der Waals surface area (Å²) in [7, 11) is 0. The molecule has 0 spiro atoms. The van der Waals surface area contributed by atoms with Gasteiger partial charge in [0.25, 0.3) is 0 Å². The Morgan fingerprint density at radius 3 is 2.04 bits per heavy atom. The molecular formula is C19H33N5O4. The second kappa shape index (κ2) is 10.5. The van der Waals surface area contributed by atoms with Crippen LogP contribution < -0.4 is 10.6 Å². The zero-order valence-corrected chi connectivity index (χ0v) is 16.7. The second-order valence-corrected chi connectivity index (χ2v) is 7.87. The molecule has 3 rings (SSSR count). The molecule has 3 saturated heterocycles. The third kappa shape index (κ3) is 5.98. The van der Waals surface area contributed by atoms with Gasteiger partial charge in [0.1, 0.15) is 0 Å². The van der Waals surface area contributed by atoms with E-state index in [2.05, 4.69) is 10.6 Å². The quantitative estimate of drug-likeness (QED) is 0.706. The number of nitrogens with one attached hydrogen (secondary N) is 2. The van der Waals surface area contributed by atoms with Gasteiger partial charge < -0.3 is 30.1 Å². The van der Waals surface area contributed by atoms with Gasteiger partial charge in [0.2, 0.25) is 0 Å². The molecule has 2 N–H and O–H groups in total. The minimum Gasteiger partial charge on any atom is -0.359 e. The number of likely N-dealkylation sites (tertiary alicyclic amines) is 1. The second-order valence-electron chi connectivity index (χ2n) is 7.87. The lowest BCUT2D eigenvalue weighted by Gasteiger charge is -2.34. The molecule has 0 atom stereocenters. The summed E-state index contributed by atoms with van der Waals surface area (Å²) in [5.41, 5.74) is 0. The van der Waals surface area contributed by atoms with E-state index in [9.17, 15) is 14.4 Å². The van der Waals surface area contributed by atoms with Crippen molar-refractivity contribution < 1.29 is 19.1 Å².